The molecular weight excluding hydrogens is 244 g/mol. The largest absolute Gasteiger partial charge is 0.480 e. The number of urea groups is 1. The fourth-order valence-corrected chi connectivity index (χ4v) is 2.80. The first-order valence-electron chi connectivity index (χ1n) is 7.38. The smallest absolute Gasteiger partial charge is 0.326 e. The normalized spacial score (nSPS) is 19.5. The summed E-state index contributed by atoms with van der Waals surface area (Å²) in [6.07, 6.45) is 7.36. The lowest BCUT2D eigenvalue weighted by Crippen LogP contribution is -2.50. The first-order valence-corrected chi connectivity index (χ1v) is 7.38. The Morgan fingerprint density at radius 2 is 1.74 bits per heavy atom. The van der Waals surface area contributed by atoms with Crippen LogP contribution < -0.4 is 10.6 Å². The number of carbonyl (C=O) groups is 2. The zero-order chi connectivity index (χ0) is 14.3. The zero-order valence-corrected chi connectivity index (χ0v) is 11.9. The second-order valence-electron chi connectivity index (χ2n) is 5.33. The van der Waals surface area contributed by atoms with Gasteiger partial charge >= 0.3 is 12.0 Å². The number of hydrogen-bond acceptors (Lipinski definition) is 2. The predicted octanol–water partition coefficient (Wildman–Crippen LogP) is 2.51. The van der Waals surface area contributed by atoms with Crippen molar-refractivity contribution < 1.29 is 14.7 Å². The minimum atomic E-state index is -0.983. The lowest BCUT2D eigenvalue weighted by Gasteiger charge is -2.30. The van der Waals surface area contributed by atoms with Crippen LogP contribution in [0.4, 0.5) is 4.79 Å². The molecule has 0 radical (unpaired) electrons. The van der Waals surface area contributed by atoms with Crippen LogP contribution in [0.1, 0.15) is 58.8 Å². The summed E-state index contributed by atoms with van der Waals surface area (Å²) in [5.74, 6) is -0.447. The van der Waals surface area contributed by atoms with Crippen LogP contribution in [0.15, 0.2) is 0 Å². The molecule has 1 rings (SSSR count). The van der Waals surface area contributed by atoms with Gasteiger partial charge in [0.2, 0.25) is 0 Å². The van der Waals surface area contributed by atoms with Gasteiger partial charge in [0.05, 0.1) is 0 Å². The van der Waals surface area contributed by atoms with Gasteiger partial charge in [-0.25, -0.2) is 9.59 Å². The van der Waals surface area contributed by atoms with Crippen LogP contribution >= 0.6 is 0 Å². The van der Waals surface area contributed by atoms with Crippen molar-refractivity contribution in [2.45, 2.75) is 70.9 Å². The first-order chi connectivity index (χ1) is 9.08. The first kappa shape index (κ1) is 15.8. The van der Waals surface area contributed by atoms with E-state index in [0.29, 0.717) is 12.3 Å². The molecule has 1 fully saturated rings. The van der Waals surface area contributed by atoms with E-state index in [1.165, 1.54) is 19.3 Å². The molecule has 0 aromatic heterocycles. The number of nitrogens with one attached hydrogen (secondary N) is 2. The van der Waals surface area contributed by atoms with Gasteiger partial charge in [-0.2, -0.15) is 0 Å². The molecule has 2 atom stereocenters. The second-order valence-corrected chi connectivity index (χ2v) is 5.33. The Labute approximate surface area is 115 Å². The summed E-state index contributed by atoms with van der Waals surface area (Å²) in [6.45, 7) is 3.81. The molecule has 2 unspecified atom stereocenters. The minimum Gasteiger partial charge on any atom is -0.480 e. The second kappa shape index (κ2) is 8.02. The van der Waals surface area contributed by atoms with E-state index in [2.05, 4.69) is 17.6 Å². The van der Waals surface area contributed by atoms with Crippen molar-refractivity contribution in [2.24, 2.45) is 5.92 Å². The van der Waals surface area contributed by atoms with E-state index in [4.69, 9.17) is 5.11 Å². The summed E-state index contributed by atoms with van der Waals surface area (Å²) in [5.41, 5.74) is 0. The predicted molar refractivity (Wildman–Crippen MR) is 74.0 cm³/mol. The Morgan fingerprint density at radius 1 is 1.11 bits per heavy atom. The Morgan fingerprint density at radius 3 is 2.21 bits per heavy atom. The number of rotatable bonds is 6. The Bertz CT molecular complexity index is 301. The molecule has 19 heavy (non-hydrogen) atoms. The third-order valence-corrected chi connectivity index (χ3v) is 3.99. The number of hydrogen-bond donors (Lipinski definition) is 3. The van der Waals surface area contributed by atoms with Gasteiger partial charge in [-0.3, -0.25) is 0 Å². The van der Waals surface area contributed by atoms with Crippen molar-refractivity contribution in [3.8, 4) is 0 Å². The van der Waals surface area contributed by atoms with E-state index in [0.717, 1.165) is 19.3 Å². The van der Waals surface area contributed by atoms with Gasteiger partial charge in [-0.15, -0.1) is 0 Å². The third kappa shape index (κ3) is 5.09. The van der Waals surface area contributed by atoms with E-state index < -0.39 is 12.0 Å². The SMILES string of the molecule is CCC(NC(=O)NC(CC)C1CCCCC1)C(=O)O. The fraction of sp³-hybridized carbons (Fsp3) is 0.857. The average Bonchev–Trinajstić information content (AvgIpc) is 2.42. The van der Waals surface area contributed by atoms with E-state index in [1.807, 2.05) is 0 Å². The Kier molecular flexibility index (Phi) is 6.67. The highest BCUT2D eigenvalue weighted by Gasteiger charge is 2.25. The van der Waals surface area contributed by atoms with E-state index in [1.54, 1.807) is 6.92 Å². The monoisotopic (exact) mass is 270 g/mol. The molecule has 5 heteroatoms. The molecule has 1 aliphatic carbocycles. The molecule has 1 aliphatic rings. The van der Waals surface area contributed by atoms with Crippen molar-refractivity contribution in [2.75, 3.05) is 0 Å². The number of carbonyl (C=O) groups excluding carboxylic acids is 1. The molecule has 0 saturated heterocycles. The Hall–Kier alpha value is -1.26. The van der Waals surface area contributed by atoms with Gasteiger partial charge < -0.3 is 15.7 Å². The van der Waals surface area contributed by atoms with Gasteiger partial charge in [-0.05, 0) is 31.6 Å². The molecule has 0 bridgehead atoms. The molecule has 0 heterocycles. The summed E-state index contributed by atoms with van der Waals surface area (Å²) in [6, 6.07) is -0.998. The quantitative estimate of drug-likeness (QED) is 0.694. The van der Waals surface area contributed by atoms with Gasteiger partial charge in [-0.1, -0.05) is 33.1 Å². The molecular formula is C14H26N2O3. The number of aliphatic carboxylic acids is 1. The van der Waals surface area contributed by atoms with Crippen molar-refractivity contribution in [1.82, 2.24) is 10.6 Å². The lowest BCUT2D eigenvalue weighted by molar-refractivity contribution is -0.139. The maximum absolute atomic E-state index is 11.8. The Balaban J connectivity index is 2.45. The molecule has 0 aromatic carbocycles. The van der Waals surface area contributed by atoms with Crippen molar-refractivity contribution in [3.63, 3.8) is 0 Å². The summed E-state index contributed by atoms with van der Waals surface area (Å²) in [7, 11) is 0. The van der Waals surface area contributed by atoms with Gasteiger partial charge in [0.25, 0.3) is 0 Å². The average molecular weight is 270 g/mol. The molecule has 5 nitrogen and oxygen atoms in total. The molecule has 1 saturated carbocycles. The number of amides is 2. The minimum absolute atomic E-state index is 0.159. The van der Waals surface area contributed by atoms with Gasteiger partial charge in [0.1, 0.15) is 6.04 Å². The van der Waals surface area contributed by atoms with Crippen molar-refractivity contribution >= 4 is 12.0 Å². The van der Waals surface area contributed by atoms with Crippen LogP contribution in [0.2, 0.25) is 0 Å². The van der Waals surface area contributed by atoms with Crippen molar-refractivity contribution in [1.29, 1.82) is 0 Å². The van der Waals surface area contributed by atoms with Crippen LogP contribution in [0, 0.1) is 5.92 Å². The summed E-state index contributed by atoms with van der Waals surface area (Å²) < 4.78 is 0. The van der Waals surface area contributed by atoms with Crippen LogP contribution in [0.5, 0.6) is 0 Å². The highest BCUT2D eigenvalue weighted by molar-refractivity contribution is 5.82. The fourth-order valence-electron chi connectivity index (χ4n) is 2.80. The third-order valence-electron chi connectivity index (χ3n) is 3.99. The topological polar surface area (TPSA) is 78.4 Å². The van der Waals surface area contributed by atoms with Crippen LogP contribution in [0.25, 0.3) is 0 Å². The number of carboxylic acids is 1. The van der Waals surface area contributed by atoms with E-state index in [9.17, 15) is 9.59 Å². The molecule has 110 valence electrons. The van der Waals surface area contributed by atoms with E-state index in [-0.39, 0.29) is 12.1 Å². The molecule has 0 aromatic rings. The van der Waals surface area contributed by atoms with Gasteiger partial charge in [0, 0.05) is 6.04 Å². The number of carboxylic acid groups (broad SMARTS) is 1. The maximum atomic E-state index is 11.8. The summed E-state index contributed by atoms with van der Waals surface area (Å²) in [5, 5.41) is 14.4. The van der Waals surface area contributed by atoms with Crippen LogP contribution in [-0.2, 0) is 4.79 Å². The molecule has 3 N–H and O–H groups in total. The maximum Gasteiger partial charge on any atom is 0.326 e. The molecule has 0 aliphatic heterocycles. The highest BCUT2D eigenvalue weighted by Crippen LogP contribution is 2.27. The van der Waals surface area contributed by atoms with E-state index >= 15 is 0 Å². The van der Waals surface area contributed by atoms with Crippen molar-refractivity contribution in [3.05, 3.63) is 0 Å². The highest BCUT2D eigenvalue weighted by atomic mass is 16.4. The van der Waals surface area contributed by atoms with Gasteiger partial charge in [0.15, 0.2) is 0 Å². The lowest BCUT2D eigenvalue weighted by atomic mass is 9.83. The zero-order valence-electron chi connectivity index (χ0n) is 11.9. The van der Waals surface area contributed by atoms with Crippen LogP contribution in [-0.4, -0.2) is 29.2 Å². The standard InChI is InChI=1S/C14H26N2O3/c1-3-11(10-8-6-5-7-9-10)15-14(19)16-12(4-2)13(17)18/h10-12H,3-9H2,1-2H3,(H,17,18)(H2,15,16,19). The summed E-state index contributed by atoms with van der Waals surface area (Å²) >= 11 is 0. The molecule has 2 amide bonds. The van der Waals surface area contributed by atoms with Crippen LogP contribution in [0.3, 0.4) is 0 Å². The summed E-state index contributed by atoms with van der Waals surface area (Å²) in [4.78, 5) is 22.7. The molecule has 0 spiro atoms.